The minimum atomic E-state index is 0.502. The average molecular weight is 192 g/mol. The van der Waals surface area contributed by atoms with E-state index in [9.17, 15) is 0 Å². The molecular weight excluding hydrogens is 178 g/mol. The van der Waals surface area contributed by atoms with E-state index in [0.717, 1.165) is 11.2 Å². The Bertz CT molecular complexity index is 85.0. The van der Waals surface area contributed by atoms with Crippen LogP contribution in [0, 0.1) is 5.92 Å². The molecule has 0 aliphatic heterocycles. The van der Waals surface area contributed by atoms with Crippen molar-refractivity contribution >= 4 is 15.9 Å². The topological polar surface area (TPSA) is 26.0 Å². The van der Waals surface area contributed by atoms with Gasteiger partial charge in [-0.15, -0.1) is 0 Å². The highest BCUT2D eigenvalue weighted by Gasteiger charge is 2.22. The lowest BCUT2D eigenvalue weighted by Gasteiger charge is -2.12. The Labute approximate surface area is 65.1 Å². The van der Waals surface area contributed by atoms with Crippen LogP contribution in [0.3, 0.4) is 0 Å². The second-order valence-corrected chi connectivity index (χ2v) is 3.63. The van der Waals surface area contributed by atoms with Crippen LogP contribution < -0.4 is 5.73 Å². The lowest BCUT2D eigenvalue weighted by molar-refractivity contribution is 0.471. The molecule has 2 N–H and O–H groups in total. The molecule has 1 fully saturated rings. The summed E-state index contributed by atoms with van der Waals surface area (Å²) in [6, 6.07) is 0.502. The molecule has 0 saturated heterocycles. The minimum Gasteiger partial charge on any atom is -0.327 e. The van der Waals surface area contributed by atoms with Gasteiger partial charge in [0.05, 0.1) is 0 Å². The highest BCUT2D eigenvalue weighted by atomic mass is 79.9. The predicted octanol–water partition coefficient (Wildman–Crippen LogP) is 1.90. The Morgan fingerprint density at radius 1 is 1.44 bits per heavy atom. The normalized spacial score (nSPS) is 35.3. The van der Waals surface area contributed by atoms with Crippen LogP contribution in [-0.2, 0) is 0 Å². The molecule has 0 amide bonds. The molecule has 2 heteroatoms. The van der Waals surface area contributed by atoms with Gasteiger partial charge in [-0.05, 0) is 25.2 Å². The third kappa shape index (κ3) is 1.94. The summed E-state index contributed by atoms with van der Waals surface area (Å²) in [5, 5.41) is 1.12. The van der Waals surface area contributed by atoms with Crippen LogP contribution >= 0.6 is 15.9 Å². The van der Waals surface area contributed by atoms with Crippen molar-refractivity contribution in [3.05, 3.63) is 0 Å². The fourth-order valence-electron chi connectivity index (χ4n) is 1.56. The molecule has 1 saturated carbocycles. The Morgan fingerprint density at radius 3 is 2.67 bits per heavy atom. The first-order valence-electron chi connectivity index (χ1n) is 3.66. The molecule has 0 aromatic rings. The second-order valence-electron chi connectivity index (χ2n) is 2.83. The van der Waals surface area contributed by atoms with E-state index in [2.05, 4.69) is 15.9 Å². The smallest absolute Gasteiger partial charge is 0.00674 e. The third-order valence-electron chi connectivity index (χ3n) is 2.20. The van der Waals surface area contributed by atoms with Crippen LogP contribution in [0.2, 0.25) is 0 Å². The summed E-state index contributed by atoms with van der Waals surface area (Å²) in [4.78, 5) is 0. The number of nitrogens with two attached hydrogens (primary N) is 1. The zero-order valence-electron chi connectivity index (χ0n) is 5.65. The first-order valence-corrected chi connectivity index (χ1v) is 4.78. The van der Waals surface area contributed by atoms with Crippen molar-refractivity contribution in [2.24, 2.45) is 11.7 Å². The molecule has 0 heterocycles. The molecule has 9 heavy (non-hydrogen) atoms. The Balaban J connectivity index is 2.22. The van der Waals surface area contributed by atoms with Crippen molar-refractivity contribution in [3.63, 3.8) is 0 Å². The summed E-state index contributed by atoms with van der Waals surface area (Å²) in [5.41, 5.74) is 5.84. The first kappa shape index (κ1) is 7.55. The molecule has 0 bridgehead atoms. The van der Waals surface area contributed by atoms with Crippen LogP contribution in [0.25, 0.3) is 0 Å². The highest BCUT2D eigenvalue weighted by molar-refractivity contribution is 9.09. The van der Waals surface area contributed by atoms with Crippen molar-refractivity contribution in [2.45, 2.75) is 31.7 Å². The molecule has 0 aromatic carbocycles. The van der Waals surface area contributed by atoms with E-state index in [1.807, 2.05) is 0 Å². The predicted molar refractivity (Wildman–Crippen MR) is 43.7 cm³/mol. The molecule has 0 spiro atoms. The lowest BCUT2D eigenvalue weighted by atomic mass is 10.0. The van der Waals surface area contributed by atoms with Gasteiger partial charge in [-0.1, -0.05) is 22.4 Å². The molecule has 0 unspecified atom stereocenters. The zero-order chi connectivity index (χ0) is 6.69. The molecule has 1 nitrogen and oxygen atoms in total. The van der Waals surface area contributed by atoms with Gasteiger partial charge < -0.3 is 5.73 Å². The largest absolute Gasteiger partial charge is 0.327 e. The number of hydrogen-bond acceptors (Lipinski definition) is 1. The van der Waals surface area contributed by atoms with Crippen LogP contribution in [0.1, 0.15) is 25.7 Å². The molecule has 2 atom stereocenters. The quantitative estimate of drug-likeness (QED) is 0.664. The Morgan fingerprint density at radius 2 is 2.22 bits per heavy atom. The van der Waals surface area contributed by atoms with Crippen LogP contribution in [0.4, 0.5) is 0 Å². The molecular formula is C7H14BrN. The minimum absolute atomic E-state index is 0.502. The Hall–Kier alpha value is 0.440. The van der Waals surface area contributed by atoms with E-state index in [1.165, 1.54) is 25.7 Å². The van der Waals surface area contributed by atoms with Gasteiger partial charge in [0.2, 0.25) is 0 Å². The average Bonchev–Trinajstić information content (AvgIpc) is 2.18. The maximum Gasteiger partial charge on any atom is 0.00674 e. The summed E-state index contributed by atoms with van der Waals surface area (Å²) in [7, 11) is 0. The van der Waals surface area contributed by atoms with Crippen LogP contribution in [0.15, 0.2) is 0 Å². The molecule has 54 valence electrons. The molecule has 1 rings (SSSR count). The summed E-state index contributed by atoms with van der Waals surface area (Å²) in [6.07, 6.45) is 5.21. The zero-order valence-corrected chi connectivity index (χ0v) is 7.23. The van der Waals surface area contributed by atoms with Crippen molar-refractivity contribution in [2.75, 3.05) is 5.33 Å². The summed E-state index contributed by atoms with van der Waals surface area (Å²) in [5.74, 6) is 0.810. The summed E-state index contributed by atoms with van der Waals surface area (Å²) >= 11 is 3.43. The second kappa shape index (κ2) is 3.57. The van der Waals surface area contributed by atoms with Gasteiger partial charge in [0.15, 0.2) is 0 Å². The highest BCUT2D eigenvalue weighted by Crippen LogP contribution is 2.26. The van der Waals surface area contributed by atoms with Crippen molar-refractivity contribution < 1.29 is 0 Å². The molecule has 1 aliphatic carbocycles. The van der Waals surface area contributed by atoms with Gasteiger partial charge >= 0.3 is 0 Å². The fourth-order valence-corrected chi connectivity index (χ4v) is 2.15. The van der Waals surface area contributed by atoms with E-state index >= 15 is 0 Å². The van der Waals surface area contributed by atoms with Crippen molar-refractivity contribution in [3.8, 4) is 0 Å². The number of alkyl halides is 1. The van der Waals surface area contributed by atoms with Gasteiger partial charge in [0.25, 0.3) is 0 Å². The van der Waals surface area contributed by atoms with E-state index in [0.29, 0.717) is 6.04 Å². The van der Waals surface area contributed by atoms with Gasteiger partial charge in [-0.2, -0.15) is 0 Å². The van der Waals surface area contributed by atoms with Crippen molar-refractivity contribution in [1.29, 1.82) is 0 Å². The summed E-state index contributed by atoms with van der Waals surface area (Å²) in [6.45, 7) is 0. The number of rotatable bonds is 2. The van der Waals surface area contributed by atoms with E-state index in [1.54, 1.807) is 0 Å². The van der Waals surface area contributed by atoms with Crippen LogP contribution in [-0.4, -0.2) is 11.4 Å². The van der Waals surface area contributed by atoms with Gasteiger partial charge in [-0.3, -0.25) is 0 Å². The monoisotopic (exact) mass is 191 g/mol. The Kier molecular flexibility index (Phi) is 2.99. The maximum absolute atomic E-state index is 5.84. The standard InChI is InChI=1S/C7H14BrN/c8-5-4-6-2-1-3-7(6)9/h6-7H,1-5,9H2/t6-,7+/m0/s1. The number of hydrogen-bond donors (Lipinski definition) is 1. The molecule has 0 aromatic heterocycles. The van der Waals surface area contributed by atoms with E-state index in [-0.39, 0.29) is 0 Å². The summed E-state index contributed by atoms with van der Waals surface area (Å²) < 4.78 is 0. The lowest BCUT2D eigenvalue weighted by Crippen LogP contribution is -2.24. The maximum atomic E-state index is 5.84. The van der Waals surface area contributed by atoms with Crippen molar-refractivity contribution in [1.82, 2.24) is 0 Å². The van der Waals surface area contributed by atoms with E-state index < -0.39 is 0 Å². The van der Waals surface area contributed by atoms with E-state index in [4.69, 9.17) is 5.73 Å². The first-order chi connectivity index (χ1) is 4.34. The molecule has 0 radical (unpaired) electrons. The van der Waals surface area contributed by atoms with Crippen LogP contribution in [0.5, 0.6) is 0 Å². The fraction of sp³-hybridized carbons (Fsp3) is 1.00. The molecule has 1 aliphatic rings. The van der Waals surface area contributed by atoms with Gasteiger partial charge in [-0.25, -0.2) is 0 Å². The third-order valence-corrected chi connectivity index (χ3v) is 2.66. The number of halogens is 1. The van der Waals surface area contributed by atoms with Gasteiger partial charge in [0, 0.05) is 11.4 Å². The van der Waals surface area contributed by atoms with Gasteiger partial charge in [0.1, 0.15) is 0 Å². The SMILES string of the molecule is N[C@@H]1CCC[C@H]1CCBr.